The summed E-state index contributed by atoms with van der Waals surface area (Å²) in [6.45, 7) is 2.02. The van der Waals surface area contributed by atoms with Crippen molar-refractivity contribution in [3.8, 4) is 0 Å². The van der Waals surface area contributed by atoms with Crippen molar-refractivity contribution in [3.63, 3.8) is 0 Å². The van der Waals surface area contributed by atoms with Crippen LogP contribution >= 0.6 is 11.3 Å². The zero-order chi connectivity index (χ0) is 15.5. The topological polar surface area (TPSA) is 42.0 Å². The number of aromatic nitrogens is 1. The molecular weight excluding hydrogens is 299 g/mol. The molecule has 2 aromatic carbocycles. The van der Waals surface area contributed by atoms with Gasteiger partial charge in [-0.25, -0.2) is 9.37 Å². The predicted molar refractivity (Wildman–Crippen MR) is 87.7 cm³/mol. The zero-order valence-electron chi connectivity index (χ0n) is 12.0. The highest BCUT2D eigenvalue weighted by Crippen LogP contribution is 2.27. The van der Waals surface area contributed by atoms with E-state index < -0.39 is 0 Å². The second-order valence-corrected chi connectivity index (χ2v) is 6.23. The van der Waals surface area contributed by atoms with E-state index in [-0.39, 0.29) is 17.6 Å². The maximum Gasteiger partial charge on any atom is 0.226 e. The number of amides is 1. The Morgan fingerprint density at radius 1 is 1.27 bits per heavy atom. The van der Waals surface area contributed by atoms with Gasteiger partial charge >= 0.3 is 0 Å². The third-order valence-corrected chi connectivity index (χ3v) is 4.39. The third kappa shape index (κ3) is 3.31. The van der Waals surface area contributed by atoms with E-state index in [0.29, 0.717) is 17.1 Å². The van der Waals surface area contributed by atoms with Crippen LogP contribution in [0.1, 0.15) is 24.8 Å². The number of carbonyl (C=O) groups excluding carboxylic acids is 1. The molecule has 0 bridgehead atoms. The minimum absolute atomic E-state index is 0.0871. The van der Waals surface area contributed by atoms with Crippen molar-refractivity contribution in [1.82, 2.24) is 4.98 Å². The summed E-state index contributed by atoms with van der Waals surface area (Å²) in [6.07, 6.45) is 0.383. The minimum atomic E-state index is -0.299. The average molecular weight is 314 g/mol. The van der Waals surface area contributed by atoms with Crippen LogP contribution in [0.2, 0.25) is 0 Å². The molecule has 3 nitrogen and oxygen atoms in total. The number of hydrogen-bond acceptors (Lipinski definition) is 3. The largest absolute Gasteiger partial charge is 0.302 e. The number of halogens is 1. The summed E-state index contributed by atoms with van der Waals surface area (Å²) in [5, 5.41) is 3.30. The number of benzene rings is 2. The van der Waals surface area contributed by atoms with Crippen LogP contribution in [0.15, 0.2) is 48.5 Å². The zero-order valence-corrected chi connectivity index (χ0v) is 12.9. The van der Waals surface area contributed by atoms with Gasteiger partial charge in [-0.3, -0.25) is 4.79 Å². The first-order chi connectivity index (χ1) is 10.6. The fourth-order valence-corrected chi connectivity index (χ4v) is 3.21. The van der Waals surface area contributed by atoms with Crippen LogP contribution in [0.4, 0.5) is 9.52 Å². The molecule has 1 amide bonds. The molecule has 0 radical (unpaired) electrons. The molecule has 5 heteroatoms. The molecular formula is C17H15FN2OS. The molecule has 0 spiro atoms. The van der Waals surface area contributed by atoms with Crippen molar-refractivity contribution in [2.75, 3.05) is 5.32 Å². The van der Waals surface area contributed by atoms with E-state index in [9.17, 15) is 9.18 Å². The summed E-state index contributed by atoms with van der Waals surface area (Å²) in [5.74, 6) is -0.254. The van der Waals surface area contributed by atoms with Gasteiger partial charge in [-0.2, -0.15) is 0 Å². The number of hydrogen-bond donors (Lipinski definition) is 1. The van der Waals surface area contributed by atoms with E-state index >= 15 is 0 Å². The second-order valence-electron chi connectivity index (χ2n) is 5.20. The average Bonchev–Trinajstić information content (AvgIpc) is 2.89. The van der Waals surface area contributed by atoms with Crippen LogP contribution in [0, 0.1) is 5.82 Å². The molecule has 112 valence electrons. The molecule has 0 saturated heterocycles. The number of rotatable bonds is 4. The fourth-order valence-electron chi connectivity index (χ4n) is 2.30. The molecule has 1 atom stereocenters. The van der Waals surface area contributed by atoms with Crippen LogP contribution < -0.4 is 5.32 Å². The van der Waals surface area contributed by atoms with Gasteiger partial charge in [0, 0.05) is 6.42 Å². The normalized spacial score (nSPS) is 12.3. The van der Waals surface area contributed by atoms with E-state index in [1.54, 1.807) is 6.07 Å². The quantitative estimate of drug-likeness (QED) is 0.766. The first kappa shape index (κ1) is 14.7. The van der Waals surface area contributed by atoms with E-state index in [1.807, 2.05) is 37.3 Å². The molecule has 22 heavy (non-hydrogen) atoms. The summed E-state index contributed by atoms with van der Waals surface area (Å²) in [7, 11) is 0. The molecule has 3 rings (SSSR count). The van der Waals surface area contributed by atoms with Crippen LogP contribution in [-0.4, -0.2) is 10.9 Å². The lowest BCUT2D eigenvalue weighted by atomic mass is 9.98. The van der Waals surface area contributed by atoms with Gasteiger partial charge in [-0.1, -0.05) is 48.6 Å². The smallest absolute Gasteiger partial charge is 0.226 e. The lowest BCUT2D eigenvalue weighted by Gasteiger charge is -2.10. The number of thiazole rings is 1. The standard InChI is InChI=1S/C17H15FN2OS/c1-11(12-5-3-2-4-6-12)9-16(21)20-17-19-14-8-7-13(18)10-15(14)22-17/h2-8,10-11H,9H2,1H3,(H,19,20,21)/t11-/m1/s1. The molecule has 0 aliphatic rings. The Labute approximate surface area is 131 Å². The lowest BCUT2D eigenvalue weighted by Crippen LogP contribution is -2.14. The van der Waals surface area contributed by atoms with Crippen molar-refractivity contribution in [2.45, 2.75) is 19.3 Å². The highest BCUT2D eigenvalue weighted by Gasteiger charge is 2.13. The van der Waals surface area contributed by atoms with Crippen LogP contribution in [0.5, 0.6) is 0 Å². The number of nitrogens with one attached hydrogen (secondary N) is 1. The summed E-state index contributed by atoms with van der Waals surface area (Å²) < 4.78 is 13.9. The van der Waals surface area contributed by atoms with E-state index in [0.717, 1.165) is 10.3 Å². The van der Waals surface area contributed by atoms with Crippen molar-refractivity contribution in [3.05, 3.63) is 59.9 Å². The Kier molecular flexibility index (Phi) is 4.15. The van der Waals surface area contributed by atoms with Gasteiger partial charge in [0.1, 0.15) is 5.82 Å². The number of nitrogens with zero attached hydrogens (tertiary/aromatic N) is 1. The fraction of sp³-hybridized carbons (Fsp3) is 0.176. The van der Waals surface area contributed by atoms with E-state index in [1.165, 1.54) is 23.5 Å². The Hall–Kier alpha value is -2.27. The number of fused-ring (bicyclic) bond motifs is 1. The molecule has 3 aromatic rings. The molecule has 0 unspecified atom stereocenters. The van der Waals surface area contributed by atoms with E-state index in [2.05, 4.69) is 10.3 Å². The van der Waals surface area contributed by atoms with Crippen LogP contribution in [-0.2, 0) is 4.79 Å². The second kappa shape index (κ2) is 6.23. The Morgan fingerprint density at radius 2 is 2.05 bits per heavy atom. The Balaban J connectivity index is 1.68. The van der Waals surface area contributed by atoms with Crippen LogP contribution in [0.25, 0.3) is 10.2 Å². The van der Waals surface area contributed by atoms with Crippen molar-refractivity contribution >= 4 is 32.6 Å². The minimum Gasteiger partial charge on any atom is -0.302 e. The molecule has 0 saturated carbocycles. The highest BCUT2D eigenvalue weighted by molar-refractivity contribution is 7.22. The molecule has 0 aliphatic heterocycles. The van der Waals surface area contributed by atoms with E-state index in [4.69, 9.17) is 0 Å². The van der Waals surface area contributed by atoms with Crippen molar-refractivity contribution in [2.24, 2.45) is 0 Å². The summed E-state index contributed by atoms with van der Waals surface area (Å²) in [5.41, 5.74) is 1.82. The third-order valence-electron chi connectivity index (χ3n) is 3.46. The van der Waals surface area contributed by atoms with Gasteiger partial charge in [-0.05, 0) is 29.7 Å². The van der Waals surface area contributed by atoms with Gasteiger partial charge < -0.3 is 5.32 Å². The van der Waals surface area contributed by atoms with Crippen molar-refractivity contribution in [1.29, 1.82) is 0 Å². The number of carbonyl (C=O) groups is 1. The molecule has 1 N–H and O–H groups in total. The Bertz CT molecular complexity index is 801. The van der Waals surface area contributed by atoms with Gasteiger partial charge in [0.15, 0.2) is 5.13 Å². The first-order valence-electron chi connectivity index (χ1n) is 7.03. The van der Waals surface area contributed by atoms with Gasteiger partial charge in [0.25, 0.3) is 0 Å². The first-order valence-corrected chi connectivity index (χ1v) is 7.84. The molecule has 0 aliphatic carbocycles. The van der Waals surface area contributed by atoms with Crippen LogP contribution in [0.3, 0.4) is 0 Å². The maximum absolute atomic E-state index is 13.2. The lowest BCUT2D eigenvalue weighted by molar-refractivity contribution is -0.116. The maximum atomic E-state index is 13.2. The van der Waals surface area contributed by atoms with Crippen molar-refractivity contribution < 1.29 is 9.18 Å². The predicted octanol–water partition coefficient (Wildman–Crippen LogP) is 4.57. The molecule has 0 fully saturated rings. The molecule has 1 heterocycles. The highest BCUT2D eigenvalue weighted by atomic mass is 32.1. The summed E-state index contributed by atoms with van der Waals surface area (Å²) in [6, 6.07) is 14.3. The van der Waals surface area contributed by atoms with Gasteiger partial charge in [0.2, 0.25) is 5.91 Å². The summed E-state index contributed by atoms with van der Waals surface area (Å²) >= 11 is 1.28. The van der Waals surface area contributed by atoms with Gasteiger partial charge in [-0.15, -0.1) is 0 Å². The monoisotopic (exact) mass is 314 g/mol. The number of anilines is 1. The SMILES string of the molecule is C[C@H](CC(=O)Nc1nc2ccc(F)cc2s1)c1ccccc1. The Morgan fingerprint density at radius 3 is 2.82 bits per heavy atom. The van der Waals surface area contributed by atoms with Gasteiger partial charge in [0.05, 0.1) is 10.2 Å². The molecule has 1 aromatic heterocycles. The summed E-state index contributed by atoms with van der Waals surface area (Å²) in [4.78, 5) is 16.4.